The van der Waals surface area contributed by atoms with E-state index in [0.717, 1.165) is 5.56 Å². The van der Waals surface area contributed by atoms with Crippen LogP contribution in [0.15, 0.2) is 24.3 Å². The second-order valence-corrected chi connectivity index (χ2v) is 8.26. The molecule has 2 aromatic rings. The van der Waals surface area contributed by atoms with Crippen molar-refractivity contribution in [3.63, 3.8) is 0 Å². The molecule has 14 heteroatoms. The van der Waals surface area contributed by atoms with Gasteiger partial charge in [0.1, 0.15) is 17.6 Å². The summed E-state index contributed by atoms with van der Waals surface area (Å²) in [6.45, 7) is 4.46. The fraction of sp³-hybridized carbons (Fsp3) is 0.400. The zero-order chi connectivity index (χ0) is 25.0. The van der Waals surface area contributed by atoms with E-state index in [0.29, 0.717) is 57.8 Å². The van der Waals surface area contributed by atoms with E-state index in [1.165, 1.54) is 0 Å². The van der Waals surface area contributed by atoms with Crippen LogP contribution < -0.4 is 26.1 Å². The zero-order valence-corrected chi connectivity index (χ0v) is 20.1. The van der Waals surface area contributed by atoms with Crippen LogP contribution in [0.5, 0.6) is 11.5 Å². The van der Waals surface area contributed by atoms with Gasteiger partial charge in [-0.2, -0.15) is 0 Å². The number of rotatable bonds is 7. The van der Waals surface area contributed by atoms with Gasteiger partial charge < -0.3 is 34.6 Å². The Morgan fingerprint density at radius 2 is 1.41 bits per heavy atom. The van der Waals surface area contributed by atoms with Gasteiger partial charge in [0.25, 0.3) is 0 Å². The van der Waals surface area contributed by atoms with Crippen molar-refractivity contribution >= 4 is 48.4 Å². The Hall–Kier alpha value is -2.05. The van der Waals surface area contributed by atoms with Crippen LogP contribution >= 0.6 is 23.2 Å². The topological polar surface area (TPSA) is 147 Å². The summed E-state index contributed by atoms with van der Waals surface area (Å²) < 4.78 is 21.3. The van der Waals surface area contributed by atoms with Crippen molar-refractivity contribution < 1.29 is 33.8 Å². The normalized spacial score (nSPS) is 18.2. The number of nitrogens with zero attached hydrogens (tertiary/aromatic N) is 1. The van der Waals surface area contributed by atoms with Gasteiger partial charge in [-0.05, 0) is 49.2 Å². The quantitative estimate of drug-likeness (QED) is 0.283. The molecule has 34 heavy (non-hydrogen) atoms. The minimum Gasteiger partial charge on any atom is -0.494 e. The predicted molar refractivity (Wildman–Crippen MR) is 129 cm³/mol. The minimum atomic E-state index is -1.22. The third kappa shape index (κ3) is 5.77. The fourth-order valence-corrected chi connectivity index (χ4v) is 4.32. The van der Waals surface area contributed by atoms with E-state index in [1.54, 1.807) is 31.2 Å². The summed E-state index contributed by atoms with van der Waals surface area (Å²) in [5.41, 5.74) is 7.95. The number of nitrogens with two attached hydrogens (primary N) is 1. The molecule has 0 spiro atoms. The van der Waals surface area contributed by atoms with Gasteiger partial charge in [-0.15, -0.1) is 0 Å². The number of halogens is 2. The zero-order valence-electron chi connectivity index (χ0n) is 18.6. The molecule has 0 amide bonds. The standard InChI is InChI=1S/C10H11BClNO5.C10H13BClNO3/c1-2-17-8-4-6(12)3-7-9(5-13(15)16)18-11(14)10(7)8;1-2-15-8-4-6(12)3-7-9(5-13)16-11(14)10(7)8/h3-4,9,14H,2,5H2,1H3;3-4,9,14H,2,5,13H2,1H3. The third-order valence-corrected chi connectivity index (χ3v) is 5.62. The lowest BCUT2D eigenvalue weighted by Crippen LogP contribution is -2.30. The van der Waals surface area contributed by atoms with Crippen molar-refractivity contribution in [3.8, 4) is 11.5 Å². The molecule has 0 saturated heterocycles. The second kappa shape index (κ2) is 11.6. The number of nitro groups is 1. The fourth-order valence-electron chi connectivity index (χ4n) is 3.89. The monoisotopic (exact) mass is 512 g/mol. The lowest BCUT2D eigenvalue weighted by atomic mass is 9.78. The molecule has 182 valence electrons. The molecule has 0 bridgehead atoms. The smallest absolute Gasteiger partial charge is 0.494 e. The van der Waals surface area contributed by atoms with Crippen LogP contribution in [-0.2, 0) is 9.31 Å². The molecule has 0 saturated carbocycles. The summed E-state index contributed by atoms with van der Waals surface area (Å²) in [6.07, 6.45) is -1.12. The Bertz CT molecular complexity index is 1050. The minimum absolute atomic E-state index is 0.302. The number of hydrogen-bond donors (Lipinski definition) is 3. The summed E-state index contributed by atoms with van der Waals surface area (Å²) in [5, 5.41) is 31.1. The Labute approximate surface area is 207 Å². The van der Waals surface area contributed by atoms with Gasteiger partial charge in [-0.25, -0.2) is 0 Å². The first-order chi connectivity index (χ1) is 16.2. The van der Waals surface area contributed by atoms with Crippen molar-refractivity contribution in [2.75, 3.05) is 26.3 Å². The van der Waals surface area contributed by atoms with Crippen LogP contribution in [0.3, 0.4) is 0 Å². The van der Waals surface area contributed by atoms with E-state index in [9.17, 15) is 20.2 Å². The van der Waals surface area contributed by atoms with E-state index in [1.807, 2.05) is 6.92 Å². The van der Waals surface area contributed by atoms with E-state index in [4.69, 9.17) is 47.7 Å². The van der Waals surface area contributed by atoms with Crippen LogP contribution in [0.4, 0.5) is 0 Å². The van der Waals surface area contributed by atoms with E-state index < -0.39 is 31.8 Å². The third-order valence-electron chi connectivity index (χ3n) is 5.18. The first-order valence-electron chi connectivity index (χ1n) is 10.6. The highest BCUT2D eigenvalue weighted by atomic mass is 35.5. The van der Waals surface area contributed by atoms with Crippen LogP contribution in [0.25, 0.3) is 0 Å². The first-order valence-corrected chi connectivity index (χ1v) is 11.4. The molecule has 2 aliphatic rings. The molecule has 0 radical (unpaired) electrons. The molecule has 2 atom stereocenters. The molecule has 2 aromatic carbocycles. The average Bonchev–Trinajstić information content (AvgIpc) is 3.24. The van der Waals surface area contributed by atoms with Crippen molar-refractivity contribution in [2.45, 2.75) is 26.1 Å². The summed E-state index contributed by atoms with van der Waals surface area (Å²) in [5.74, 6) is 0.965. The molecule has 4 N–H and O–H groups in total. The van der Waals surface area contributed by atoms with Gasteiger partial charge in [0.15, 0.2) is 0 Å². The molecular formula is C20H24B2Cl2N2O8. The molecule has 2 aliphatic heterocycles. The SMILES string of the molecule is CCOc1cc(Cl)cc2c1B(O)OC2CN.CCOc1cc(Cl)cc2c1B(O)OC2C[N+](=O)[O-]. The van der Waals surface area contributed by atoms with Gasteiger partial charge in [0, 0.05) is 32.4 Å². The van der Waals surface area contributed by atoms with Crippen LogP contribution in [-0.4, -0.2) is 55.5 Å². The van der Waals surface area contributed by atoms with Gasteiger partial charge in [0.05, 0.1) is 19.3 Å². The largest absolute Gasteiger partial charge is 0.496 e. The van der Waals surface area contributed by atoms with Crippen LogP contribution in [0, 0.1) is 10.1 Å². The second-order valence-electron chi connectivity index (χ2n) is 7.38. The first kappa shape index (κ1) is 26.6. The average molecular weight is 513 g/mol. The molecule has 0 aromatic heterocycles. The van der Waals surface area contributed by atoms with Crippen molar-refractivity contribution in [3.05, 3.63) is 55.6 Å². The molecule has 0 aliphatic carbocycles. The molecule has 2 heterocycles. The van der Waals surface area contributed by atoms with Gasteiger partial charge in [0.2, 0.25) is 6.54 Å². The Morgan fingerprint density at radius 3 is 1.82 bits per heavy atom. The van der Waals surface area contributed by atoms with Crippen molar-refractivity contribution in [2.24, 2.45) is 5.73 Å². The Kier molecular flexibility index (Phi) is 9.05. The molecule has 4 rings (SSSR count). The summed E-state index contributed by atoms with van der Waals surface area (Å²) in [6, 6.07) is 6.55. The lowest BCUT2D eigenvalue weighted by molar-refractivity contribution is -0.490. The van der Waals surface area contributed by atoms with Crippen molar-refractivity contribution in [1.29, 1.82) is 0 Å². The summed E-state index contributed by atoms with van der Waals surface area (Å²) in [7, 11) is -2.20. The van der Waals surface area contributed by atoms with E-state index in [2.05, 4.69) is 0 Å². The Morgan fingerprint density at radius 1 is 0.971 bits per heavy atom. The van der Waals surface area contributed by atoms with Gasteiger partial charge in [-0.1, -0.05) is 23.2 Å². The number of ether oxygens (including phenoxy) is 2. The number of fused-ring (bicyclic) bond motifs is 2. The molecule has 2 unspecified atom stereocenters. The highest BCUT2D eigenvalue weighted by molar-refractivity contribution is 6.63. The number of hydrogen-bond acceptors (Lipinski definition) is 9. The summed E-state index contributed by atoms with van der Waals surface area (Å²) >= 11 is 11.9. The maximum atomic E-state index is 10.5. The highest BCUT2D eigenvalue weighted by Gasteiger charge is 2.41. The highest BCUT2D eigenvalue weighted by Crippen LogP contribution is 2.32. The maximum Gasteiger partial charge on any atom is 0.496 e. The predicted octanol–water partition coefficient (Wildman–Crippen LogP) is 1.23. The molecular weight excluding hydrogens is 489 g/mol. The Balaban J connectivity index is 0.000000192. The van der Waals surface area contributed by atoms with Crippen molar-refractivity contribution in [1.82, 2.24) is 0 Å². The van der Waals surface area contributed by atoms with E-state index in [-0.39, 0.29) is 6.10 Å². The maximum absolute atomic E-state index is 10.5. The summed E-state index contributed by atoms with van der Waals surface area (Å²) in [4.78, 5) is 10.1. The lowest BCUT2D eigenvalue weighted by Gasteiger charge is -2.11. The van der Waals surface area contributed by atoms with Crippen LogP contribution in [0.2, 0.25) is 10.0 Å². The molecule has 10 nitrogen and oxygen atoms in total. The molecule has 0 fully saturated rings. The number of benzene rings is 2. The van der Waals surface area contributed by atoms with E-state index >= 15 is 0 Å². The van der Waals surface area contributed by atoms with Gasteiger partial charge in [-0.3, -0.25) is 10.1 Å². The van der Waals surface area contributed by atoms with Crippen LogP contribution in [0.1, 0.15) is 37.2 Å². The van der Waals surface area contributed by atoms with Gasteiger partial charge >= 0.3 is 14.2 Å².